The number of fused-ring (bicyclic) bond motifs is 1. The number of carbonyl (C=O) groups excluding carboxylic acids is 1. The van der Waals surface area contributed by atoms with Gasteiger partial charge in [-0.3, -0.25) is 9.69 Å². The molecule has 2 aliphatic heterocycles. The Kier molecular flexibility index (Phi) is 3.78. The molecular weight excluding hydrogens is 270 g/mol. The van der Waals surface area contributed by atoms with Gasteiger partial charge in [-0.05, 0) is 0 Å². The fourth-order valence-corrected chi connectivity index (χ4v) is 3.06. The van der Waals surface area contributed by atoms with Crippen LogP contribution in [0.2, 0.25) is 0 Å². The molecule has 0 unspecified atom stereocenters. The highest BCUT2D eigenvalue weighted by atomic mass is 32.2. The maximum atomic E-state index is 11.6. The van der Waals surface area contributed by atoms with Crippen LogP contribution in [0.1, 0.15) is 0 Å². The van der Waals surface area contributed by atoms with Crippen molar-refractivity contribution in [3.8, 4) is 12.3 Å². The molecule has 2 aliphatic rings. The Morgan fingerprint density at radius 2 is 2.53 bits per heavy atom. The van der Waals surface area contributed by atoms with Gasteiger partial charge in [0.15, 0.2) is 6.61 Å². The number of oxime groups is 1. The summed E-state index contributed by atoms with van der Waals surface area (Å²) in [6.07, 6.45) is 6.25. The van der Waals surface area contributed by atoms with E-state index >= 15 is 0 Å². The van der Waals surface area contributed by atoms with Gasteiger partial charge in [0, 0.05) is 11.3 Å². The van der Waals surface area contributed by atoms with Crippen LogP contribution in [0.4, 0.5) is 0 Å². The van der Waals surface area contributed by atoms with E-state index in [9.17, 15) is 14.7 Å². The van der Waals surface area contributed by atoms with E-state index < -0.39 is 17.9 Å². The lowest BCUT2D eigenvalue weighted by atomic mass is 10.0. The van der Waals surface area contributed by atoms with Gasteiger partial charge in [0.2, 0.25) is 5.91 Å². The van der Waals surface area contributed by atoms with Gasteiger partial charge in [0.05, 0.1) is 6.21 Å². The number of carboxylic acids is 1. The molecule has 0 aliphatic carbocycles. The number of aliphatic carboxylic acids is 1. The molecule has 0 aromatic carbocycles. The van der Waals surface area contributed by atoms with Crippen LogP contribution < -0.4 is 5.73 Å². The molecule has 100 valence electrons. The molecule has 0 aromatic rings. The van der Waals surface area contributed by atoms with Crippen LogP contribution in [0.25, 0.3) is 0 Å². The number of amides is 1. The molecule has 0 radical (unpaired) electrons. The summed E-state index contributed by atoms with van der Waals surface area (Å²) >= 11 is 1.39. The second-order valence-electron chi connectivity index (χ2n) is 3.83. The Morgan fingerprint density at radius 1 is 1.79 bits per heavy atom. The van der Waals surface area contributed by atoms with Crippen molar-refractivity contribution in [3.63, 3.8) is 0 Å². The molecule has 1 fully saturated rings. The molecule has 0 aromatic heterocycles. The minimum Gasteiger partial charge on any atom is -0.477 e. The molecule has 8 heteroatoms. The second kappa shape index (κ2) is 5.34. The topological polar surface area (TPSA) is 105 Å². The molecule has 0 spiro atoms. The zero-order valence-electron chi connectivity index (χ0n) is 9.78. The third-order valence-electron chi connectivity index (χ3n) is 2.67. The molecule has 0 bridgehead atoms. The van der Waals surface area contributed by atoms with E-state index in [-0.39, 0.29) is 17.7 Å². The summed E-state index contributed by atoms with van der Waals surface area (Å²) < 4.78 is 0. The van der Waals surface area contributed by atoms with E-state index in [1.165, 1.54) is 22.9 Å². The molecule has 2 rings (SSSR count). The van der Waals surface area contributed by atoms with Crippen LogP contribution in [0.5, 0.6) is 0 Å². The Balaban J connectivity index is 2.23. The number of hydrogen-bond donors (Lipinski definition) is 2. The van der Waals surface area contributed by atoms with Gasteiger partial charge in [0.25, 0.3) is 0 Å². The molecule has 19 heavy (non-hydrogen) atoms. The standard InChI is InChI=1S/C11H11N3O4S/c1-2-3-18-13-4-6-5-19-10-7(12)9(15)14(10)8(6)11(16)17/h1,4,7,10H,3,5,12H2,(H,16,17)/t7-,10+/m1/s1. The van der Waals surface area contributed by atoms with E-state index in [1.807, 2.05) is 0 Å². The summed E-state index contributed by atoms with van der Waals surface area (Å²) in [5, 5.41) is 12.5. The summed E-state index contributed by atoms with van der Waals surface area (Å²) in [4.78, 5) is 28.8. The average Bonchev–Trinajstić information content (AvgIpc) is 2.41. The molecule has 2 heterocycles. The number of hydrogen-bond acceptors (Lipinski definition) is 6. The van der Waals surface area contributed by atoms with Gasteiger partial charge in [-0.2, -0.15) is 0 Å². The fraction of sp³-hybridized carbons (Fsp3) is 0.364. The average molecular weight is 281 g/mol. The molecule has 1 saturated heterocycles. The van der Waals surface area contributed by atoms with Gasteiger partial charge in [-0.1, -0.05) is 11.1 Å². The Morgan fingerprint density at radius 3 is 3.16 bits per heavy atom. The quantitative estimate of drug-likeness (QED) is 0.230. The van der Waals surface area contributed by atoms with Crippen molar-refractivity contribution in [1.29, 1.82) is 0 Å². The largest absolute Gasteiger partial charge is 0.477 e. The molecular formula is C11H11N3O4S. The lowest BCUT2D eigenvalue weighted by Crippen LogP contribution is -2.68. The van der Waals surface area contributed by atoms with E-state index in [4.69, 9.17) is 17.0 Å². The number of carboxylic acid groups (broad SMARTS) is 1. The van der Waals surface area contributed by atoms with Crippen LogP contribution in [-0.4, -0.2) is 51.9 Å². The SMILES string of the molecule is C#CCON=CC1=C(C(=O)O)N2C(=O)[C@@H](N)[C@@H]2SC1. The fourth-order valence-electron chi connectivity index (χ4n) is 1.81. The zero-order chi connectivity index (χ0) is 14.0. The minimum absolute atomic E-state index is 0.00449. The van der Waals surface area contributed by atoms with E-state index in [0.29, 0.717) is 11.3 Å². The maximum Gasteiger partial charge on any atom is 0.353 e. The smallest absolute Gasteiger partial charge is 0.353 e. The van der Waals surface area contributed by atoms with Crippen molar-refractivity contribution in [1.82, 2.24) is 4.90 Å². The summed E-state index contributed by atoms with van der Waals surface area (Å²) in [5.41, 5.74) is 5.92. The highest BCUT2D eigenvalue weighted by molar-refractivity contribution is 8.00. The summed E-state index contributed by atoms with van der Waals surface area (Å²) in [6, 6.07) is -0.643. The van der Waals surface area contributed by atoms with Crippen LogP contribution in [0.15, 0.2) is 16.4 Å². The third kappa shape index (κ3) is 2.30. The van der Waals surface area contributed by atoms with Gasteiger partial charge >= 0.3 is 5.97 Å². The van der Waals surface area contributed by atoms with Crippen LogP contribution >= 0.6 is 11.8 Å². The lowest BCUT2D eigenvalue weighted by Gasteiger charge is -2.47. The van der Waals surface area contributed by atoms with E-state index in [2.05, 4.69) is 11.1 Å². The zero-order valence-corrected chi connectivity index (χ0v) is 10.6. The predicted octanol–water partition coefficient (Wildman–Crippen LogP) is -0.797. The summed E-state index contributed by atoms with van der Waals surface area (Å²) in [5.74, 6) is 1.03. The van der Waals surface area contributed by atoms with Crippen molar-refractivity contribution < 1.29 is 19.5 Å². The first kappa shape index (κ1) is 13.5. The Hall–Kier alpha value is -1.98. The highest BCUT2D eigenvalue weighted by Gasteiger charge is 2.51. The molecule has 2 atom stereocenters. The van der Waals surface area contributed by atoms with Crippen molar-refractivity contribution in [2.45, 2.75) is 11.4 Å². The van der Waals surface area contributed by atoms with Gasteiger partial charge in [0.1, 0.15) is 17.1 Å². The normalized spacial score (nSPS) is 25.9. The lowest BCUT2D eigenvalue weighted by molar-refractivity contribution is -0.147. The van der Waals surface area contributed by atoms with Gasteiger partial charge in [-0.15, -0.1) is 18.2 Å². The van der Waals surface area contributed by atoms with Crippen molar-refractivity contribution >= 4 is 29.9 Å². The maximum absolute atomic E-state index is 11.6. The van der Waals surface area contributed by atoms with Crippen molar-refractivity contribution in [2.24, 2.45) is 10.9 Å². The van der Waals surface area contributed by atoms with E-state index in [1.54, 1.807) is 0 Å². The highest BCUT2D eigenvalue weighted by Crippen LogP contribution is 2.38. The van der Waals surface area contributed by atoms with Crippen LogP contribution in [-0.2, 0) is 14.4 Å². The number of terminal acetylenes is 1. The number of rotatable bonds is 4. The molecule has 7 nitrogen and oxygen atoms in total. The molecule has 0 saturated carbocycles. The second-order valence-corrected chi connectivity index (χ2v) is 4.93. The monoisotopic (exact) mass is 281 g/mol. The molecule has 1 amide bonds. The number of β-lactam (4-membered cyclic amide) rings is 1. The third-order valence-corrected chi connectivity index (χ3v) is 4.00. The van der Waals surface area contributed by atoms with E-state index in [0.717, 1.165) is 0 Å². The number of thioether (sulfide) groups is 1. The molecule has 3 N–H and O–H groups in total. The predicted molar refractivity (Wildman–Crippen MR) is 69.0 cm³/mol. The first-order valence-electron chi connectivity index (χ1n) is 5.33. The van der Waals surface area contributed by atoms with Crippen LogP contribution in [0, 0.1) is 12.3 Å². The first-order valence-corrected chi connectivity index (χ1v) is 6.38. The van der Waals surface area contributed by atoms with Crippen molar-refractivity contribution in [2.75, 3.05) is 12.4 Å². The van der Waals surface area contributed by atoms with Crippen LogP contribution in [0.3, 0.4) is 0 Å². The number of carbonyl (C=O) groups is 2. The number of nitrogens with zero attached hydrogens (tertiary/aromatic N) is 2. The summed E-state index contributed by atoms with van der Waals surface area (Å²) in [6.45, 7) is -0.00449. The van der Waals surface area contributed by atoms with Gasteiger partial charge < -0.3 is 15.7 Å². The van der Waals surface area contributed by atoms with Crippen molar-refractivity contribution in [3.05, 3.63) is 11.3 Å². The Labute approximate surface area is 113 Å². The summed E-state index contributed by atoms with van der Waals surface area (Å²) in [7, 11) is 0. The number of nitrogens with two attached hydrogens (primary N) is 1. The Bertz CT molecular complexity index is 523. The minimum atomic E-state index is -1.19. The first-order chi connectivity index (χ1) is 9.07. The van der Waals surface area contributed by atoms with Gasteiger partial charge in [-0.25, -0.2) is 4.79 Å².